The van der Waals surface area contributed by atoms with E-state index in [4.69, 9.17) is 9.47 Å². The molecule has 0 aromatic heterocycles. The summed E-state index contributed by atoms with van der Waals surface area (Å²) in [7, 11) is 0. The van der Waals surface area contributed by atoms with Crippen molar-refractivity contribution in [1.82, 2.24) is 0 Å². The molecule has 0 spiro atoms. The average Bonchev–Trinajstić information content (AvgIpc) is 2.68. The lowest BCUT2D eigenvalue weighted by Crippen LogP contribution is -2.35. The number of nitrogens with zero attached hydrogens (tertiary/aromatic N) is 1. The highest BCUT2D eigenvalue weighted by molar-refractivity contribution is 6.06. The van der Waals surface area contributed by atoms with Crippen LogP contribution in [0, 0.1) is 5.92 Å². The van der Waals surface area contributed by atoms with E-state index in [2.05, 4.69) is 0 Å². The van der Waals surface area contributed by atoms with Gasteiger partial charge < -0.3 is 9.47 Å². The second-order valence-corrected chi connectivity index (χ2v) is 5.66. The van der Waals surface area contributed by atoms with Crippen LogP contribution in [0.5, 0.6) is 0 Å². The molecular weight excluding hydrogens is 346 g/mol. The van der Waals surface area contributed by atoms with Crippen LogP contribution < -0.4 is 4.90 Å². The van der Waals surface area contributed by atoms with Crippen molar-refractivity contribution in [3.05, 3.63) is 60.7 Å². The highest BCUT2D eigenvalue weighted by Gasteiger charge is 2.34. The first-order valence-electron chi connectivity index (χ1n) is 8.84. The van der Waals surface area contributed by atoms with Crippen LogP contribution in [-0.4, -0.2) is 31.1 Å². The molecule has 27 heavy (non-hydrogen) atoms. The number of hydrogen-bond acceptors (Lipinski definition) is 5. The molecule has 2 aromatic rings. The van der Waals surface area contributed by atoms with E-state index in [0.29, 0.717) is 11.4 Å². The summed E-state index contributed by atoms with van der Waals surface area (Å²) in [5, 5.41) is 0. The van der Waals surface area contributed by atoms with Gasteiger partial charge in [0.2, 0.25) is 5.91 Å². The number of esters is 2. The zero-order valence-corrected chi connectivity index (χ0v) is 15.5. The number of hydrogen-bond donors (Lipinski definition) is 0. The molecule has 0 fully saturated rings. The maximum atomic E-state index is 13.1. The molecule has 142 valence electrons. The quantitative estimate of drug-likeness (QED) is 0.526. The fourth-order valence-corrected chi connectivity index (χ4v) is 2.61. The minimum atomic E-state index is -1.30. The molecule has 0 saturated heterocycles. The van der Waals surface area contributed by atoms with E-state index < -0.39 is 23.8 Å². The third-order valence-corrected chi connectivity index (χ3v) is 3.80. The summed E-state index contributed by atoms with van der Waals surface area (Å²) in [6, 6.07) is 18.1. The Hall–Kier alpha value is -3.15. The average molecular weight is 369 g/mol. The molecule has 0 aliphatic rings. The Morgan fingerprint density at radius 2 is 1.19 bits per heavy atom. The summed E-state index contributed by atoms with van der Waals surface area (Å²) < 4.78 is 9.91. The van der Waals surface area contributed by atoms with Crippen molar-refractivity contribution < 1.29 is 23.9 Å². The van der Waals surface area contributed by atoms with Crippen LogP contribution in [0.15, 0.2) is 60.7 Å². The lowest BCUT2D eigenvalue weighted by molar-refractivity contribution is -0.163. The summed E-state index contributed by atoms with van der Waals surface area (Å²) in [5.74, 6) is -3.22. The number of carbonyl (C=O) groups is 3. The lowest BCUT2D eigenvalue weighted by atomic mass is 10.0. The summed E-state index contributed by atoms with van der Waals surface area (Å²) in [4.78, 5) is 39.0. The van der Waals surface area contributed by atoms with Crippen molar-refractivity contribution in [3.8, 4) is 0 Å². The van der Waals surface area contributed by atoms with E-state index in [1.165, 1.54) is 4.90 Å². The standard InChI is InChI=1S/C21H23NO5/c1-3-26-20(24)18(21(25)27-4-2)15-19(23)22(16-11-7-5-8-12-16)17-13-9-6-10-14-17/h5-14,18H,3-4,15H2,1-2H3. The van der Waals surface area contributed by atoms with Crippen LogP contribution in [0.1, 0.15) is 20.3 Å². The third kappa shape index (κ3) is 5.41. The van der Waals surface area contributed by atoms with Crippen molar-refractivity contribution in [2.24, 2.45) is 5.92 Å². The molecule has 6 heteroatoms. The molecule has 0 N–H and O–H groups in total. The number of amides is 1. The molecule has 0 atom stereocenters. The molecule has 0 aliphatic carbocycles. The van der Waals surface area contributed by atoms with E-state index in [0.717, 1.165) is 0 Å². The number of para-hydroxylation sites is 2. The van der Waals surface area contributed by atoms with Crippen LogP contribution in [0.25, 0.3) is 0 Å². The van der Waals surface area contributed by atoms with Crippen molar-refractivity contribution in [1.29, 1.82) is 0 Å². The summed E-state index contributed by atoms with van der Waals surface area (Å²) >= 11 is 0. The van der Waals surface area contributed by atoms with Gasteiger partial charge in [-0.3, -0.25) is 19.3 Å². The van der Waals surface area contributed by atoms with Gasteiger partial charge in [-0.25, -0.2) is 0 Å². The normalized spacial score (nSPS) is 10.3. The van der Waals surface area contributed by atoms with Crippen LogP contribution in [0.4, 0.5) is 11.4 Å². The van der Waals surface area contributed by atoms with Gasteiger partial charge in [0.25, 0.3) is 0 Å². The van der Waals surface area contributed by atoms with Gasteiger partial charge in [-0.1, -0.05) is 36.4 Å². The first kappa shape index (κ1) is 20.2. The predicted molar refractivity (Wildman–Crippen MR) is 101 cm³/mol. The second kappa shape index (κ2) is 10.1. The molecule has 0 heterocycles. The van der Waals surface area contributed by atoms with Gasteiger partial charge in [-0.05, 0) is 38.1 Å². The number of carbonyl (C=O) groups excluding carboxylic acids is 3. The predicted octanol–water partition coefficient (Wildman–Crippen LogP) is 3.48. The van der Waals surface area contributed by atoms with E-state index >= 15 is 0 Å². The van der Waals surface area contributed by atoms with Gasteiger partial charge in [-0.2, -0.15) is 0 Å². The molecule has 0 saturated carbocycles. The summed E-state index contributed by atoms with van der Waals surface area (Å²) in [5.41, 5.74) is 1.28. The molecule has 2 rings (SSSR count). The van der Waals surface area contributed by atoms with E-state index in [9.17, 15) is 14.4 Å². The molecule has 0 unspecified atom stereocenters. The van der Waals surface area contributed by atoms with Crippen LogP contribution in [0.2, 0.25) is 0 Å². The Morgan fingerprint density at radius 3 is 1.56 bits per heavy atom. The summed E-state index contributed by atoms with van der Waals surface area (Å²) in [6.45, 7) is 3.51. The highest BCUT2D eigenvalue weighted by atomic mass is 16.6. The van der Waals surface area contributed by atoms with E-state index in [1.807, 2.05) is 36.4 Å². The van der Waals surface area contributed by atoms with E-state index in [-0.39, 0.29) is 19.6 Å². The largest absolute Gasteiger partial charge is 0.465 e. The Labute approximate surface area is 158 Å². The molecular formula is C21H23NO5. The molecule has 6 nitrogen and oxygen atoms in total. The molecule has 2 aromatic carbocycles. The fourth-order valence-electron chi connectivity index (χ4n) is 2.61. The van der Waals surface area contributed by atoms with Gasteiger partial charge in [0.15, 0.2) is 5.92 Å². The Bertz CT molecular complexity index is 703. The molecule has 0 aliphatic heterocycles. The minimum Gasteiger partial charge on any atom is -0.465 e. The van der Waals surface area contributed by atoms with Gasteiger partial charge in [0, 0.05) is 11.4 Å². The maximum absolute atomic E-state index is 13.1. The van der Waals surface area contributed by atoms with Crippen LogP contribution in [-0.2, 0) is 23.9 Å². The smallest absolute Gasteiger partial charge is 0.320 e. The van der Waals surface area contributed by atoms with Crippen LogP contribution in [0.3, 0.4) is 0 Å². The SMILES string of the molecule is CCOC(=O)C(CC(=O)N(c1ccccc1)c1ccccc1)C(=O)OCC. The first-order valence-corrected chi connectivity index (χ1v) is 8.84. The topological polar surface area (TPSA) is 72.9 Å². The fraction of sp³-hybridized carbons (Fsp3) is 0.286. The Balaban J connectivity index is 2.33. The maximum Gasteiger partial charge on any atom is 0.320 e. The minimum absolute atomic E-state index is 0.115. The van der Waals surface area contributed by atoms with Gasteiger partial charge in [0.1, 0.15) is 0 Å². The zero-order valence-electron chi connectivity index (χ0n) is 15.5. The van der Waals surface area contributed by atoms with E-state index in [1.54, 1.807) is 38.1 Å². The van der Waals surface area contributed by atoms with Gasteiger partial charge in [-0.15, -0.1) is 0 Å². The van der Waals surface area contributed by atoms with Crippen molar-refractivity contribution >= 4 is 29.2 Å². The Kier molecular flexibility index (Phi) is 7.55. The molecule has 1 amide bonds. The number of benzene rings is 2. The van der Waals surface area contributed by atoms with Crippen molar-refractivity contribution in [3.63, 3.8) is 0 Å². The second-order valence-electron chi connectivity index (χ2n) is 5.66. The summed E-state index contributed by atoms with van der Waals surface area (Å²) in [6.07, 6.45) is -0.346. The van der Waals surface area contributed by atoms with Crippen molar-refractivity contribution in [2.75, 3.05) is 18.1 Å². The van der Waals surface area contributed by atoms with Gasteiger partial charge in [0.05, 0.1) is 19.6 Å². The van der Waals surface area contributed by atoms with Crippen LogP contribution >= 0.6 is 0 Å². The Morgan fingerprint density at radius 1 is 0.778 bits per heavy atom. The monoisotopic (exact) mass is 369 g/mol. The lowest BCUT2D eigenvalue weighted by Gasteiger charge is -2.24. The zero-order chi connectivity index (χ0) is 19.6. The first-order chi connectivity index (χ1) is 13.1. The number of ether oxygens (including phenoxy) is 2. The third-order valence-electron chi connectivity index (χ3n) is 3.80. The molecule has 0 bridgehead atoms. The number of anilines is 2. The highest BCUT2D eigenvalue weighted by Crippen LogP contribution is 2.27. The van der Waals surface area contributed by atoms with Crippen molar-refractivity contribution in [2.45, 2.75) is 20.3 Å². The van der Waals surface area contributed by atoms with Gasteiger partial charge >= 0.3 is 11.9 Å². The number of rotatable bonds is 8. The molecule has 0 radical (unpaired) electrons.